The fraction of sp³-hybridized carbons (Fsp3) is 0.273. The predicted molar refractivity (Wildman–Crippen MR) is 65.9 cm³/mol. The van der Waals surface area contributed by atoms with Crippen molar-refractivity contribution < 1.29 is 9.66 Å². The third kappa shape index (κ3) is 4.02. The summed E-state index contributed by atoms with van der Waals surface area (Å²) in [5, 5.41) is 10.2. The Labute approximate surface area is 102 Å². The molecule has 0 atom stereocenters. The zero-order valence-corrected chi connectivity index (χ0v) is 10.6. The van der Waals surface area contributed by atoms with E-state index in [1.54, 1.807) is 18.2 Å². The van der Waals surface area contributed by atoms with Crippen molar-refractivity contribution in [3.05, 3.63) is 44.5 Å². The average Bonchev–Trinajstić information content (AvgIpc) is 2.18. The molecule has 0 spiro atoms. The van der Waals surface area contributed by atoms with Gasteiger partial charge in [-0.25, -0.2) is 0 Å². The first kappa shape index (κ1) is 12.7. The van der Waals surface area contributed by atoms with Crippen molar-refractivity contribution in [3.8, 4) is 5.75 Å². The van der Waals surface area contributed by atoms with E-state index in [4.69, 9.17) is 4.74 Å². The molecule has 0 N–H and O–H groups in total. The molecule has 1 aromatic rings. The summed E-state index contributed by atoms with van der Waals surface area (Å²) in [5.74, 6) is 0.730. The first-order valence-corrected chi connectivity index (χ1v) is 5.56. The maximum atomic E-state index is 10.2. The summed E-state index contributed by atoms with van der Waals surface area (Å²) in [5.41, 5.74) is 0.750. The molecule has 0 bridgehead atoms. The highest BCUT2D eigenvalue weighted by Gasteiger charge is 2.03. The van der Waals surface area contributed by atoms with E-state index in [1.165, 1.54) is 6.08 Å². The second-order valence-corrected chi connectivity index (χ2v) is 4.31. The minimum absolute atomic E-state index is 0.0940. The van der Waals surface area contributed by atoms with E-state index in [2.05, 4.69) is 15.9 Å². The van der Waals surface area contributed by atoms with Crippen LogP contribution in [-0.4, -0.2) is 11.0 Å². The Balaban J connectivity index is 2.86. The normalized spacial score (nSPS) is 11.0. The zero-order valence-electron chi connectivity index (χ0n) is 9.01. The van der Waals surface area contributed by atoms with Crippen LogP contribution in [0.4, 0.5) is 0 Å². The molecule has 0 aliphatic rings. The number of halogens is 1. The highest BCUT2D eigenvalue weighted by molar-refractivity contribution is 9.10. The van der Waals surface area contributed by atoms with Crippen molar-refractivity contribution in [2.45, 2.75) is 20.0 Å². The Morgan fingerprint density at radius 1 is 1.50 bits per heavy atom. The SMILES string of the molecule is CC(C)Oc1ccc(C=C[N+](=O)[O-])cc1Br. The molecule has 0 saturated heterocycles. The fourth-order valence-electron chi connectivity index (χ4n) is 1.12. The lowest BCUT2D eigenvalue weighted by molar-refractivity contribution is -0.400. The van der Waals surface area contributed by atoms with Crippen molar-refractivity contribution >= 4 is 22.0 Å². The van der Waals surface area contributed by atoms with Crippen LogP contribution >= 0.6 is 15.9 Å². The van der Waals surface area contributed by atoms with Crippen LogP contribution in [0.5, 0.6) is 5.75 Å². The van der Waals surface area contributed by atoms with Gasteiger partial charge in [0.15, 0.2) is 0 Å². The van der Waals surface area contributed by atoms with E-state index in [0.717, 1.165) is 22.0 Å². The number of ether oxygens (including phenoxy) is 1. The van der Waals surface area contributed by atoms with Gasteiger partial charge < -0.3 is 4.74 Å². The van der Waals surface area contributed by atoms with Gasteiger partial charge in [0.2, 0.25) is 6.20 Å². The van der Waals surface area contributed by atoms with Gasteiger partial charge in [0, 0.05) is 6.08 Å². The number of nitrogens with zero attached hydrogens (tertiary/aromatic N) is 1. The molecular formula is C11H12BrNO3. The van der Waals surface area contributed by atoms with Gasteiger partial charge in [0.1, 0.15) is 5.75 Å². The molecular weight excluding hydrogens is 274 g/mol. The Morgan fingerprint density at radius 2 is 2.19 bits per heavy atom. The predicted octanol–water partition coefficient (Wildman–Crippen LogP) is 3.48. The molecule has 1 rings (SSSR count). The molecule has 0 heterocycles. The molecule has 16 heavy (non-hydrogen) atoms. The van der Waals surface area contributed by atoms with Crippen LogP contribution < -0.4 is 4.74 Å². The number of hydrogen-bond donors (Lipinski definition) is 0. The maximum absolute atomic E-state index is 10.2. The van der Waals surface area contributed by atoms with Gasteiger partial charge in [-0.15, -0.1) is 0 Å². The van der Waals surface area contributed by atoms with Crippen molar-refractivity contribution in [3.63, 3.8) is 0 Å². The molecule has 0 aliphatic heterocycles. The van der Waals surface area contributed by atoms with Crippen LogP contribution in [0.15, 0.2) is 28.9 Å². The third-order valence-corrected chi connectivity index (χ3v) is 2.33. The number of benzene rings is 1. The van der Waals surface area contributed by atoms with Crippen LogP contribution in [0.3, 0.4) is 0 Å². The Kier molecular flexibility index (Phi) is 4.49. The maximum Gasteiger partial charge on any atom is 0.235 e. The average molecular weight is 286 g/mol. The molecule has 86 valence electrons. The molecule has 0 saturated carbocycles. The van der Waals surface area contributed by atoms with E-state index in [0.29, 0.717) is 0 Å². The van der Waals surface area contributed by atoms with E-state index >= 15 is 0 Å². The molecule has 0 fully saturated rings. The van der Waals surface area contributed by atoms with Gasteiger partial charge in [0.05, 0.1) is 15.5 Å². The van der Waals surface area contributed by atoms with Gasteiger partial charge in [-0.3, -0.25) is 10.1 Å². The monoisotopic (exact) mass is 285 g/mol. The van der Waals surface area contributed by atoms with Crippen molar-refractivity contribution in [2.75, 3.05) is 0 Å². The summed E-state index contributed by atoms with van der Waals surface area (Å²) >= 11 is 3.35. The minimum atomic E-state index is -0.494. The van der Waals surface area contributed by atoms with Crippen molar-refractivity contribution in [2.24, 2.45) is 0 Å². The molecule has 1 aromatic carbocycles. The highest BCUT2D eigenvalue weighted by Crippen LogP contribution is 2.27. The number of nitro groups is 1. The topological polar surface area (TPSA) is 52.4 Å². The molecule has 5 heteroatoms. The first-order valence-electron chi connectivity index (χ1n) is 4.77. The summed E-state index contributed by atoms with van der Waals surface area (Å²) in [4.78, 5) is 9.66. The summed E-state index contributed by atoms with van der Waals surface area (Å²) in [6, 6.07) is 5.32. The summed E-state index contributed by atoms with van der Waals surface area (Å²) in [7, 11) is 0. The van der Waals surface area contributed by atoms with Gasteiger partial charge in [-0.05, 0) is 47.5 Å². The molecule has 0 radical (unpaired) electrons. The Hall–Kier alpha value is -1.36. The van der Waals surface area contributed by atoms with Crippen molar-refractivity contribution in [1.29, 1.82) is 0 Å². The lowest BCUT2D eigenvalue weighted by Gasteiger charge is -2.11. The minimum Gasteiger partial charge on any atom is -0.490 e. The lowest BCUT2D eigenvalue weighted by Crippen LogP contribution is -2.05. The Morgan fingerprint density at radius 3 is 2.69 bits per heavy atom. The van der Waals surface area contributed by atoms with E-state index in [1.807, 2.05) is 13.8 Å². The third-order valence-electron chi connectivity index (χ3n) is 1.71. The molecule has 4 nitrogen and oxygen atoms in total. The largest absolute Gasteiger partial charge is 0.490 e. The van der Waals surface area contributed by atoms with Crippen LogP contribution in [0.25, 0.3) is 6.08 Å². The van der Waals surface area contributed by atoms with Gasteiger partial charge >= 0.3 is 0 Å². The number of rotatable bonds is 4. The number of hydrogen-bond acceptors (Lipinski definition) is 3. The van der Waals surface area contributed by atoms with Gasteiger partial charge in [-0.2, -0.15) is 0 Å². The second-order valence-electron chi connectivity index (χ2n) is 3.46. The quantitative estimate of drug-likeness (QED) is 0.629. The molecule has 0 aliphatic carbocycles. The summed E-state index contributed by atoms with van der Waals surface area (Å²) in [6.07, 6.45) is 2.44. The lowest BCUT2D eigenvalue weighted by atomic mass is 10.2. The standard InChI is InChI=1S/C11H12BrNO3/c1-8(2)16-11-4-3-9(7-10(11)12)5-6-13(14)15/h3-8H,1-2H3. The molecule has 0 amide bonds. The second kappa shape index (κ2) is 5.65. The van der Waals surface area contributed by atoms with E-state index in [9.17, 15) is 10.1 Å². The zero-order chi connectivity index (χ0) is 12.1. The summed E-state index contributed by atoms with van der Waals surface area (Å²) < 4.78 is 6.30. The van der Waals surface area contributed by atoms with Gasteiger partial charge in [0.25, 0.3) is 0 Å². The van der Waals surface area contributed by atoms with Crippen LogP contribution in [-0.2, 0) is 0 Å². The molecule has 0 unspecified atom stereocenters. The Bertz CT molecular complexity index is 416. The van der Waals surface area contributed by atoms with E-state index in [-0.39, 0.29) is 6.10 Å². The smallest absolute Gasteiger partial charge is 0.235 e. The van der Waals surface area contributed by atoms with Crippen LogP contribution in [0.1, 0.15) is 19.4 Å². The van der Waals surface area contributed by atoms with Crippen LogP contribution in [0, 0.1) is 10.1 Å². The fourth-order valence-corrected chi connectivity index (χ4v) is 1.61. The highest BCUT2D eigenvalue weighted by atomic mass is 79.9. The summed E-state index contributed by atoms with van der Waals surface area (Å²) in [6.45, 7) is 3.87. The van der Waals surface area contributed by atoms with E-state index < -0.39 is 4.92 Å². The molecule has 0 aromatic heterocycles. The van der Waals surface area contributed by atoms with Gasteiger partial charge in [-0.1, -0.05) is 6.07 Å². The van der Waals surface area contributed by atoms with Crippen molar-refractivity contribution in [1.82, 2.24) is 0 Å². The van der Waals surface area contributed by atoms with Crippen LogP contribution in [0.2, 0.25) is 0 Å². The first-order chi connectivity index (χ1) is 7.49.